The van der Waals surface area contributed by atoms with Gasteiger partial charge in [0, 0.05) is 0 Å². The van der Waals surface area contributed by atoms with Gasteiger partial charge in [-0.2, -0.15) is 30.7 Å². The van der Waals surface area contributed by atoms with Gasteiger partial charge in [-0.15, -0.1) is 0 Å². The van der Waals surface area contributed by atoms with Crippen molar-refractivity contribution >= 4 is 5.97 Å². The Morgan fingerprint density at radius 2 is 1.48 bits per heavy atom. The lowest BCUT2D eigenvalue weighted by Crippen LogP contribution is -2.57. The Labute approximate surface area is 116 Å². The molecule has 0 amide bonds. The van der Waals surface area contributed by atoms with E-state index in [2.05, 4.69) is 4.74 Å². The van der Waals surface area contributed by atoms with Crippen LogP contribution in [0.4, 0.5) is 30.7 Å². The highest BCUT2D eigenvalue weighted by Crippen LogP contribution is 2.47. The molecule has 1 atom stereocenters. The first kappa shape index (κ1) is 18.0. The molecule has 1 aliphatic carbocycles. The van der Waals surface area contributed by atoms with Gasteiger partial charge in [0.25, 0.3) is 0 Å². The fourth-order valence-electron chi connectivity index (χ4n) is 2.25. The molecule has 0 aromatic heterocycles. The largest absolute Gasteiger partial charge is 0.460 e. The van der Waals surface area contributed by atoms with E-state index in [-0.39, 0.29) is 5.92 Å². The summed E-state index contributed by atoms with van der Waals surface area (Å²) in [6.45, 7) is 1.22. The van der Waals surface area contributed by atoms with Gasteiger partial charge in [-0.3, -0.25) is 0 Å². The summed E-state index contributed by atoms with van der Waals surface area (Å²) in [5, 5.41) is 0. The molecule has 0 bridgehead atoms. The van der Waals surface area contributed by atoms with Crippen LogP contribution >= 0.6 is 0 Å². The summed E-state index contributed by atoms with van der Waals surface area (Å²) in [5.74, 6) is -15.6. The van der Waals surface area contributed by atoms with Crippen LogP contribution in [0.3, 0.4) is 0 Å². The number of carbonyl (C=O) groups is 1. The standard InChI is InChI=1S/C12H15F7O2/c1-7(8-5-3-2-4-6-8)21-9(20)10(13,14)11(15,16)12(17,18)19/h7-8H,2-6H2,1H3. The van der Waals surface area contributed by atoms with Crippen molar-refractivity contribution in [2.45, 2.75) is 63.2 Å². The number of ether oxygens (including phenoxy) is 1. The topological polar surface area (TPSA) is 26.3 Å². The second-order valence-electron chi connectivity index (χ2n) is 5.16. The Hall–Kier alpha value is -1.02. The molecule has 0 saturated heterocycles. The molecule has 1 fully saturated rings. The highest BCUT2D eigenvalue weighted by Gasteiger charge is 2.77. The molecule has 124 valence electrons. The summed E-state index contributed by atoms with van der Waals surface area (Å²) < 4.78 is 91.5. The number of carbonyl (C=O) groups excluding carboxylic acids is 1. The zero-order valence-electron chi connectivity index (χ0n) is 11.2. The van der Waals surface area contributed by atoms with Gasteiger partial charge < -0.3 is 4.74 Å². The van der Waals surface area contributed by atoms with E-state index in [0.29, 0.717) is 12.8 Å². The monoisotopic (exact) mass is 324 g/mol. The molecule has 0 aliphatic heterocycles. The molecule has 1 rings (SSSR count). The number of halogens is 7. The number of hydrogen-bond acceptors (Lipinski definition) is 2. The number of esters is 1. The van der Waals surface area contributed by atoms with Gasteiger partial charge in [0.15, 0.2) is 0 Å². The van der Waals surface area contributed by atoms with E-state index in [1.165, 1.54) is 6.92 Å². The first-order chi connectivity index (χ1) is 9.41. The normalized spacial score (nSPS) is 20.2. The minimum atomic E-state index is -6.54. The smallest absolute Gasteiger partial charge is 0.458 e. The van der Waals surface area contributed by atoms with Crippen LogP contribution in [0.1, 0.15) is 39.0 Å². The zero-order valence-corrected chi connectivity index (χ0v) is 11.2. The van der Waals surface area contributed by atoms with E-state index in [4.69, 9.17) is 0 Å². The predicted molar refractivity (Wildman–Crippen MR) is 58.1 cm³/mol. The van der Waals surface area contributed by atoms with Crippen LogP contribution in [-0.4, -0.2) is 30.1 Å². The summed E-state index contributed by atoms with van der Waals surface area (Å²) in [5.41, 5.74) is 0. The maximum atomic E-state index is 13.1. The van der Waals surface area contributed by atoms with Crippen molar-refractivity contribution in [2.24, 2.45) is 5.92 Å². The van der Waals surface area contributed by atoms with Crippen molar-refractivity contribution in [3.8, 4) is 0 Å². The van der Waals surface area contributed by atoms with Gasteiger partial charge in [-0.1, -0.05) is 19.3 Å². The van der Waals surface area contributed by atoms with Crippen molar-refractivity contribution < 1.29 is 40.3 Å². The van der Waals surface area contributed by atoms with Gasteiger partial charge in [-0.05, 0) is 25.7 Å². The molecule has 1 aliphatic rings. The zero-order chi connectivity index (χ0) is 16.5. The third-order valence-corrected chi connectivity index (χ3v) is 3.61. The summed E-state index contributed by atoms with van der Waals surface area (Å²) in [4.78, 5) is 11.1. The van der Waals surface area contributed by atoms with Crippen molar-refractivity contribution in [2.75, 3.05) is 0 Å². The second kappa shape index (κ2) is 6.00. The average molecular weight is 324 g/mol. The van der Waals surface area contributed by atoms with Crippen LogP contribution in [-0.2, 0) is 9.53 Å². The minimum absolute atomic E-state index is 0.307. The van der Waals surface area contributed by atoms with Gasteiger partial charge in [0.05, 0.1) is 0 Å². The molecule has 1 saturated carbocycles. The lowest BCUT2D eigenvalue weighted by atomic mass is 9.86. The van der Waals surface area contributed by atoms with Crippen molar-refractivity contribution in [1.82, 2.24) is 0 Å². The molecule has 0 N–H and O–H groups in total. The Balaban J connectivity index is 2.77. The van der Waals surface area contributed by atoms with E-state index in [1.54, 1.807) is 0 Å². The lowest BCUT2D eigenvalue weighted by Gasteiger charge is -2.31. The molecule has 1 unspecified atom stereocenters. The Morgan fingerprint density at radius 1 is 1.00 bits per heavy atom. The number of alkyl halides is 7. The number of hydrogen-bond donors (Lipinski definition) is 0. The summed E-state index contributed by atoms with van der Waals surface area (Å²) in [6.07, 6.45) is -4.12. The summed E-state index contributed by atoms with van der Waals surface area (Å²) >= 11 is 0. The summed E-state index contributed by atoms with van der Waals surface area (Å²) in [6, 6.07) is 0. The van der Waals surface area contributed by atoms with Gasteiger partial charge >= 0.3 is 24.0 Å². The fourth-order valence-corrected chi connectivity index (χ4v) is 2.25. The number of rotatable bonds is 4. The molecule has 0 aromatic rings. The highest BCUT2D eigenvalue weighted by molar-refractivity contribution is 5.79. The molecule has 0 radical (unpaired) electrons. The summed E-state index contributed by atoms with van der Waals surface area (Å²) in [7, 11) is 0. The third kappa shape index (κ3) is 3.60. The lowest BCUT2D eigenvalue weighted by molar-refractivity contribution is -0.349. The van der Waals surface area contributed by atoms with E-state index >= 15 is 0 Å². The molecule has 21 heavy (non-hydrogen) atoms. The maximum absolute atomic E-state index is 13.1. The van der Waals surface area contributed by atoms with Crippen LogP contribution in [0.5, 0.6) is 0 Å². The molecule has 9 heteroatoms. The molecular formula is C12H15F7O2. The van der Waals surface area contributed by atoms with Crippen molar-refractivity contribution in [1.29, 1.82) is 0 Å². The quantitative estimate of drug-likeness (QED) is 0.568. The van der Waals surface area contributed by atoms with Crippen LogP contribution in [0.25, 0.3) is 0 Å². The van der Waals surface area contributed by atoms with Crippen LogP contribution < -0.4 is 0 Å². The van der Waals surface area contributed by atoms with Crippen LogP contribution in [0, 0.1) is 5.92 Å². The fraction of sp³-hybridized carbons (Fsp3) is 0.917. The van der Waals surface area contributed by atoms with Gasteiger partial charge in [0.2, 0.25) is 0 Å². The first-order valence-electron chi connectivity index (χ1n) is 6.44. The molecule has 2 nitrogen and oxygen atoms in total. The van der Waals surface area contributed by atoms with Crippen molar-refractivity contribution in [3.63, 3.8) is 0 Å². The molecule has 0 spiro atoms. The Morgan fingerprint density at radius 3 is 1.90 bits per heavy atom. The van der Waals surface area contributed by atoms with Gasteiger partial charge in [0.1, 0.15) is 6.10 Å². The SMILES string of the molecule is CC(OC(=O)C(F)(F)C(F)(F)C(F)(F)F)C1CCCCC1. The van der Waals surface area contributed by atoms with E-state index in [9.17, 15) is 35.5 Å². The third-order valence-electron chi connectivity index (χ3n) is 3.61. The first-order valence-corrected chi connectivity index (χ1v) is 6.44. The van der Waals surface area contributed by atoms with Gasteiger partial charge in [-0.25, -0.2) is 4.79 Å². The average Bonchev–Trinajstić information content (AvgIpc) is 2.38. The Bertz CT molecular complexity index is 372. The van der Waals surface area contributed by atoms with Crippen molar-refractivity contribution in [3.05, 3.63) is 0 Å². The predicted octanol–water partition coefficient (Wildman–Crippen LogP) is 4.33. The van der Waals surface area contributed by atoms with E-state index in [0.717, 1.165) is 19.3 Å². The van der Waals surface area contributed by atoms with E-state index < -0.39 is 30.1 Å². The Kier molecular flexibility index (Phi) is 5.15. The van der Waals surface area contributed by atoms with Crippen LogP contribution in [0.15, 0.2) is 0 Å². The molecule has 0 aromatic carbocycles. The minimum Gasteiger partial charge on any atom is -0.458 e. The van der Waals surface area contributed by atoms with E-state index in [1.807, 2.05) is 0 Å². The maximum Gasteiger partial charge on any atom is 0.460 e. The molecular weight excluding hydrogens is 309 g/mol. The molecule has 0 heterocycles. The second-order valence-corrected chi connectivity index (χ2v) is 5.16. The highest BCUT2D eigenvalue weighted by atomic mass is 19.4. The van der Waals surface area contributed by atoms with Crippen LogP contribution in [0.2, 0.25) is 0 Å².